The minimum atomic E-state index is -4.28. The molecule has 6 nitrogen and oxygen atoms in total. The van der Waals surface area contributed by atoms with Crippen LogP contribution < -0.4 is 9.62 Å². The van der Waals surface area contributed by atoms with Crippen molar-refractivity contribution < 1.29 is 26.0 Å². The van der Waals surface area contributed by atoms with Crippen molar-refractivity contribution in [1.82, 2.24) is 9.62 Å². The van der Waals surface area contributed by atoms with Crippen molar-refractivity contribution in [3.05, 3.63) is 84.1 Å². The molecule has 10 heteroatoms. The number of hydrogen-bond acceptors (Lipinski definition) is 5. The van der Waals surface area contributed by atoms with Crippen LogP contribution in [0.1, 0.15) is 11.8 Å². The second kappa shape index (κ2) is 9.35. The molecule has 0 aliphatic carbocycles. The summed E-state index contributed by atoms with van der Waals surface area (Å²) in [5.41, 5.74) is 0.905. The summed E-state index contributed by atoms with van der Waals surface area (Å²) in [6.07, 6.45) is 1.50. The van der Waals surface area contributed by atoms with E-state index in [2.05, 4.69) is 14.5 Å². The summed E-state index contributed by atoms with van der Waals surface area (Å²) in [5, 5.41) is 0. The molecule has 1 saturated heterocycles. The number of sulfonamides is 1. The molecular formula is C22H22F3N3O3S. The van der Waals surface area contributed by atoms with E-state index in [9.17, 15) is 21.6 Å². The highest BCUT2D eigenvalue weighted by Crippen LogP contribution is 2.25. The number of furan rings is 1. The van der Waals surface area contributed by atoms with Crippen molar-refractivity contribution >= 4 is 15.7 Å². The van der Waals surface area contributed by atoms with Gasteiger partial charge in [-0.1, -0.05) is 0 Å². The first kappa shape index (κ1) is 22.4. The molecule has 0 amide bonds. The number of anilines is 1. The molecule has 32 heavy (non-hydrogen) atoms. The van der Waals surface area contributed by atoms with Crippen LogP contribution in [0.15, 0.2) is 70.2 Å². The van der Waals surface area contributed by atoms with E-state index in [0.717, 1.165) is 17.8 Å². The van der Waals surface area contributed by atoms with Crippen LogP contribution in [0, 0.1) is 17.5 Å². The number of benzene rings is 2. The SMILES string of the molecule is O=S(=O)(NC[C@@H](c1ccco1)N1CCN(c2ccc(F)cc2)CC1)c1cc(F)ccc1F. The van der Waals surface area contributed by atoms with Gasteiger partial charge in [-0.15, -0.1) is 0 Å². The fourth-order valence-electron chi connectivity index (χ4n) is 3.78. The lowest BCUT2D eigenvalue weighted by Crippen LogP contribution is -2.49. The molecule has 4 rings (SSSR count). The maximum Gasteiger partial charge on any atom is 0.243 e. The third-order valence-electron chi connectivity index (χ3n) is 5.47. The van der Waals surface area contributed by atoms with E-state index in [4.69, 9.17) is 4.42 Å². The lowest BCUT2D eigenvalue weighted by molar-refractivity contribution is 0.166. The molecule has 0 bridgehead atoms. The van der Waals surface area contributed by atoms with Gasteiger partial charge in [0.25, 0.3) is 0 Å². The van der Waals surface area contributed by atoms with E-state index in [1.807, 2.05) is 0 Å². The summed E-state index contributed by atoms with van der Waals surface area (Å²) in [5.74, 6) is -1.61. The molecule has 0 saturated carbocycles. The Bertz CT molecular complexity index is 1150. The Morgan fingerprint density at radius 2 is 1.62 bits per heavy atom. The second-order valence-corrected chi connectivity index (χ2v) is 9.19. The molecule has 1 aliphatic rings. The molecule has 1 aliphatic heterocycles. The van der Waals surface area contributed by atoms with Gasteiger partial charge in [0.2, 0.25) is 10.0 Å². The Labute approximate surface area is 184 Å². The van der Waals surface area contributed by atoms with Crippen LogP contribution >= 0.6 is 0 Å². The Morgan fingerprint density at radius 1 is 0.938 bits per heavy atom. The predicted molar refractivity (Wildman–Crippen MR) is 113 cm³/mol. The highest BCUT2D eigenvalue weighted by Gasteiger charge is 2.29. The number of rotatable bonds is 7. The molecule has 0 radical (unpaired) electrons. The van der Waals surface area contributed by atoms with E-state index < -0.39 is 32.6 Å². The van der Waals surface area contributed by atoms with E-state index in [1.165, 1.54) is 18.4 Å². The van der Waals surface area contributed by atoms with Crippen LogP contribution in [0.5, 0.6) is 0 Å². The van der Waals surface area contributed by atoms with Crippen molar-refractivity contribution in [2.75, 3.05) is 37.6 Å². The second-order valence-electron chi connectivity index (χ2n) is 7.46. The van der Waals surface area contributed by atoms with E-state index in [-0.39, 0.29) is 12.4 Å². The minimum absolute atomic E-state index is 0.0810. The summed E-state index contributed by atoms with van der Waals surface area (Å²) in [4.78, 5) is 3.43. The van der Waals surface area contributed by atoms with Crippen LogP contribution in [0.2, 0.25) is 0 Å². The summed E-state index contributed by atoms with van der Waals surface area (Å²) >= 11 is 0. The molecule has 1 atom stereocenters. The zero-order valence-corrected chi connectivity index (χ0v) is 17.9. The van der Waals surface area contributed by atoms with Crippen molar-refractivity contribution in [1.29, 1.82) is 0 Å². The van der Waals surface area contributed by atoms with Gasteiger partial charge in [0, 0.05) is 38.4 Å². The van der Waals surface area contributed by atoms with Crippen LogP contribution in [0.25, 0.3) is 0 Å². The summed E-state index contributed by atoms with van der Waals surface area (Å²) in [6.45, 7) is 2.40. The highest BCUT2D eigenvalue weighted by molar-refractivity contribution is 7.89. The molecular weight excluding hydrogens is 443 g/mol. The van der Waals surface area contributed by atoms with Gasteiger partial charge in [0.15, 0.2) is 0 Å². The van der Waals surface area contributed by atoms with E-state index in [1.54, 1.807) is 24.3 Å². The molecule has 0 spiro atoms. The molecule has 2 aromatic carbocycles. The predicted octanol–water partition coefficient (Wildman–Crippen LogP) is 3.54. The molecule has 170 valence electrons. The Morgan fingerprint density at radius 3 is 2.28 bits per heavy atom. The maximum atomic E-state index is 14.0. The lowest BCUT2D eigenvalue weighted by atomic mass is 10.1. The van der Waals surface area contributed by atoms with Gasteiger partial charge in [-0.3, -0.25) is 4.90 Å². The third-order valence-corrected chi connectivity index (χ3v) is 6.91. The quantitative estimate of drug-likeness (QED) is 0.578. The Hall–Kier alpha value is -2.82. The zero-order chi connectivity index (χ0) is 22.7. The molecule has 2 heterocycles. The zero-order valence-electron chi connectivity index (χ0n) is 17.0. The largest absolute Gasteiger partial charge is 0.468 e. The van der Waals surface area contributed by atoms with Gasteiger partial charge in [-0.2, -0.15) is 0 Å². The van der Waals surface area contributed by atoms with Crippen LogP contribution in [-0.2, 0) is 10.0 Å². The molecule has 3 aromatic rings. The smallest absolute Gasteiger partial charge is 0.243 e. The summed E-state index contributed by atoms with van der Waals surface area (Å²) in [7, 11) is -4.28. The number of halogens is 3. The topological polar surface area (TPSA) is 65.8 Å². The first-order chi connectivity index (χ1) is 15.3. The van der Waals surface area contributed by atoms with Crippen LogP contribution in [-0.4, -0.2) is 46.0 Å². The van der Waals surface area contributed by atoms with Crippen molar-refractivity contribution in [2.45, 2.75) is 10.9 Å². The number of piperazine rings is 1. The Balaban J connectivity index is 1.47. The van der Waals surface area contributed by atoms with Gasteiger partial charge in [0.1, 0.15) is 28.1 Å². The van der Waals surface area contributed by atoms with Crippen LogP contribution in [0.3, 0.4) is 0 Å². The van der Waals surface area contributed by atoms with Gasteiger partial charge < -0.3 is 9.32 Å². The van der Waals surface area contributed by atoms with E-state index >= 15 is 0 Å². The third kappa shape index (κ3) is 4.98. The van der Waals surface area contributed by atoms with Crippen molar-refractivity contribution in [3.63, 3.8) is 0 Å². The van der Waals surface area contributed by atoms with E-state index in [0.29, 0.717) is 38.0 Å². The van der Waals surface area contributed by atoms with Crippen LogP contribution in [0.4, 0.5) is 18.9 Å². The molecule has 0 unspecified atom stereocenters. The molecule has 1 fully saturated rings. The van der Waals surface area contributed by atoms with Crippen molar-refractivity contribution in [3.8, 4) is 0 Å². The number of hydrogen-bond donors (Lipinski definition) is 1. The monoisotopic (exact) mass is 465 g/mol. The highest BCUT2D eigenvalue weighted by atomic mass is 32.2. The normalized spacial score (nSPS) is 16.3. The maximum absolute atomic E-state index is 14.0. The van der Waals surface area contributed by atoms with Gasteiger partial charge >= 0.3 is 0 Å². The average Bonchev–Trinajstić information content (AvgIpc) is 3.31. The average molecular weight is 465 g/mol. The minimum Gasteiger partial charge on any atom is -0.468 e. The number of nitrogens with one attached hydrogen (secondary N) is 1. The summed E-state index contributed by atoms with van der Waals surface area (Å²) in [6, 6.07) is 11.6. The molecule has 1 aromatic heterocycles. The standard InChI is InChI=1S/C22H22F3N3O3S/c23-16-3-6-18(7-4-16)27-9-11-28(12-10-27)20(21-2-1-13-31-21)15-26-32(29,30)22-14-17(24)5-8-19(22)25/h1-8,13-14,20,26H,9-12,15H2/t20-/m0/s1. The fraction of sp³-hybridized carbons (Fsp3) is 0.273. The lowest BCUT2D eigenvalue weighted by Gasteiger charge is -2.39. The molecule has 1 N–H and O–H groups in total. The first-order valence-electron chi connectivity index (χ1n) is 10.1. The van der Waals surface area contributed by atoms with Gasteiger partial charge in [-0.05, 0) is 54.6 Å². The van der Waals surface area contributed by atoms with Crippen molar-refractivity contribution in [2.24, 2.45) is 0 Å². The van der Waals surface area contributed by atoms with Gasteiger partial charge in [-0.25, -0.2) is 26.3 Å². The number of nitrogens with zero attached hydrogens (tertiary/aromatic N) is 2. The Kier molecular flexibility index (Phi) is 6.54. The fourth-order valence-corrected chi connectivity index (χ4v) is 4.91. The first-order valence-corrected chi connectivity index (χ1v) is 11.5. The van der Waals surface area contributed by atoms with Gasteiger partial charge in [0.05, 0.1) is 12.3 Å². The summed E-state index contributed by atoms with van der Waals surface area (Å²) < 4.78 is 73.8.